The van der Waals surface area contributed by atoms with E-state index in [-0.39, 0.29) is 5.91 Å². The van der Waals surface area contributed by atoms with Crippen molar-refractivity contribution < 1.29 is 13.2 Å². The summed E-state index contributed by atoms with van der Waals surface area (Å²) in [5, 5.41) is 2.91. The van der Waals surface area contributed by atoms with Crippen LogP contribution in [0.5, 0.6) is 0 Å². The molecule has 1 saturated heterocycles. The second-order valence-corrected chi connectivity index (χ2v) is 9.22. The number of amides is 1. The SMILES string of the molecule is CSCC[C@H](N)C(=O)NCC1CCN(S(=O)(=O)c2ccccc2)CC1. The predicted octanol–water partition coefficient (Wildman–Crippen LogP) is 1.28. The third kappa shape index (κ3) is 5.70. The Balaban J connectivity index is 1.79. The molecule has 1 fully saturated rings. The van der Waals surface area contributed by atoms with Crippen LogP contribution in [-0.4, -0.2) is 56.3 Å². The molecule has 0 radical (unpaired) electrons. The Kier molecular flexibility index (Phi) is 7.74. The largest absolute Gasteiger partial charge is 0.354 e. The van der Waals surface area contributed by atoms with E-state index in [2.05, 4.69) is 5.32 Å². The van der Waals surface area contributed by atoms with Gasteiger partial charge in [-0.25, -0.2) is 8.42 Å². The summed E-state index contributed by atoms with van der Waals surface area (Å²) in [6.07, 6.45) is 4.14. The van der Waals surface area contributed by atoms with Gasteiger partial charge in [-0.3, -0.25) is 4.79 Å². The molecule has 0 spiro atoms. The summed E-state index contributed by atoms with van der Waals surface area (Å²) in [5.74, 6) is 1.04. The van der Waals surface area contributed by atoms with Gasteiger partial charge in [0.25, 0.3) is 0 Å². The Hall–Kier alpha value is -1.09. The van der Waals surface area contributed by atoms with Crippen molar-refractivity contribution in [3.8, 4) is 0 Å². The maximum atomic E-state index is 12.6. The molecule has 0 aliphatic carbocycles. The monoisotopic (exact) mass is 385 g/mol. The van der Waals surface area contributed by atoms with Gasteiger partial charge < -0.3 is 11.1 Å². The van der Waals surface area contributed by atoms with Crippen LogP contribution < -0.4 is 11.1 Å². The van der Waals surface area contributed by atoms with Gasteiger partial charge in [0, 0.05) is 19.6 Å². The van der Waals surface area contributed by atoms with E-state index < -0.39 is 16.1 Å². The fourth-order valence-electron chi connectivity index (χ4n) is 2.85. The van der Waals surface area contributed by atoms with Crippen molar-refractivity contribution in [2.24, 2.45) is 11.7 Å². The van der Waals surface area contributed by atoms with Gasteiger partial charge in [-0.1, -0.05) is 18.2 Å². The number of piperidine rings is 1. The average molecular weight is 386 g/mol. The molecule has 3 N–H and O–H groups in total. The lowest BCUT2D eigenvalue weighted by Crippen LogP contribution is -2.45. The molecule has 6 nitrogen and oxygen atoms in total. The highest BCUT2D eigenvalue weighted by atomic mass is 32.2. The Morgan fingerprint density at radius 1 is 1.32 bits per heavy atom. The van der Waals surface area contributed by atoms with Crippen LogP contribution in [0.15, 0.2) is 35.2 Å². The number of nitrogens with two attached hydrogens (primary N) is 1. The number of thioether (sulfide) groups is 1. The fraction of sp³-hybridized carbons (Fsp3) is 0.588. The van der Waals surface area contributed by atoms with Crippen LogP contribution in [-0.2, 0) is 14.8 Å². The van der Waals surface area contributed by atoms with E-state index >= 15 is 0 Å². The third-order valence-corrected chi connectivity index (χ3v) is 7.05. The van der Waals surface area contributed by atoms with E-state index in [1.165, 1.54) is 4.31 Å². The lowest BCUT2D eigenvalue weighted by Gasteiger charge is -2.31. The molecule has 0 saturated carbocycles. The summed E-state index contributed by atoms with van der Waals surface area (Å²) < 4.78 is 26.7. The van der Waals surface area contributed by atoms with Crippen LogP contribution >= 0.6 is 11.8 Å². The summed E-state index contributed by atoms with van der Waals surface area (Å²) in [5.41, 5.74) is 5.85. The van der Waals surface area contributed by atoms with Crippen LogP contribution in [0.2, 0.25) is 0 Å². The van der Waals surface area contributed by atoms with E-state index in [1.807, 2.05) is 6.26 Å². The number of hydrogen-bond donors (Lipinski definition) is 2. The molecule has 1 aliphatic heterocycles. The molecular weight excluding hydrogens is 358 g/mol. The molecular formula is C17H27N3O3S2. The first kappa shape index (κ1) is 20.2. The lowest BCUT2D eigenvalue weighted by molar-refractivity contribution is -0.122. The van der Waals surface area contributed by atoms with Crippen LogP contribution in [0.4, 0.5) is 0 Å². The number of hydrogen-bond acceptors (Lipinski definition) is 5. The van der Waals surface area contributed by atoms with Crippen molar-refractivity contribution in [1.29, 1.82) is 0 Å². The molecule has 0 bridgehead atoms. The third-order valence-electron chi connectivity index (χ3n) is 4.49. The minimum atomic E-state index is -3.42. The van der Waals surface area contributed by atoms with Crippen molar-refractivity contribution in [3.63, 3.8) is 0 Å². The van der Waals surface area contributed by atoms with Crippen molar-refractivity contribution in [1.82, 2.24) is 9.62 Å². The zero-order valence-electron chi connectivity index (χ0n) is 14.6. The molecule has 0 unspecified atom stereocenters. The molecule has 1 amide bonds. The first-order valence-corrected chi connectivity index (χ1v) is 11.4. The van der Waals surface area contributed by atoms with E-state index in [0.29, 0.717) is 36.9 Å². The molecule has 1 aromatic carbocycles. The highest BCUT2D eigenvalue weighted by Crippen LogP contribution is 2.23. The molecule has 0 aromatic heterocycles. The number of nitrogens with one attached hydrogen (secondary N) is 1. The van der Waals surface area contributed by atoms with Crippen molar-refractivity contribution in [2.45, 2.75) is 30.2 Å². The number of benzene rings is 1. The van der Waals surface area contributed by atoms with Crippen molar-refractivity contribution >= 4 is 27.7 Å². The second-order valence-electron chi connectivity index (χ2n) is 6.29. The molecule has 1 aromatic rings. The smallest absolute Gasteiger partial charge is 0.243 e. The molecule has 1 aliphatic rings. The Labute approximate surface area is 154 Å². The number of sulfonamides is 1. The number of nitrogens with zero attached hydrogens (tertiary/aromatic N) is 1. The minimum absolute atomic E-state index is 0.117. The summed E-state index contributed by atoms with van der Waals surface area (Å²) in [7, 11) is -3.42. The summed E-state index contributed by atoms with van der Waals surface area (Å²) in [6, 6.07) is 8.05. The molecule has 140 valence electrons. The van der Waals surface area contributed by atoms with Crippen LogP contribution in [0.1, 0.15) is 19.3 Å². The normalized spacial score (nSPS) is 18.0. The number of carbonyl (C=O) groups is 1. The van der Waals surface area contributed by atoms with Gasteiger partial charge in [-0.2, -0.15) is 16.1 Å². The standard InChI is InChI=1S/C17H27N3O3S2/c1-24-12-9-16(18)17(21)19-13-14-7-10-20(11-8-14)25(22,23)15-5-3-2-4-6-15/h2-6,14,16H,7-13,18H2,1H3,(H,19,21)/t16-/m0/s1. The Morgan fingerprint density at radius 3 is 2.56 bits per heavy atom. The molecule has 1 atom stereocenters. The zero-order chi connectivity index (χ0) is 18.3. The first-order valence-electron chi connectivity index (χ1n) is 8.52. The molecule has 8 heteroatoms. The zero-order valence-corrected chi connectivity index (χ0v) is 16.2. The number of rotatable bonds is 8. The first-order chi connectivity index (χ1) is 11.9. The fourth-order valence-corrected chi connectivity index (χ4v) is 4.83. The van der Waals surface area contributed by atoms with Gasteiger partial charge in [0.2, 0.25) is 15.9 Å². The van der Waals surface area contributed by atoms with Gasteiger partial charge in [-0.05, 0) is 49.3 Å². The topological polar surface area (TPSA) is 92.5 Å². The van der Waals surface area contributed by atoms with E-state index in [1.54, 1.807) is 42.1 Å². The highest BCUT2D eigenvalue weighted by molar-refractivity contribution is 7.98. The molecule has 1 heterocycles. The predicted molar refractivity (Wildman–Crippen MR) is 102 cm³/mol. The summed E-state index contributed by atoms with van der Waals surface area (Å²) >= 11 is 1.67. The minimum Gasteiger partial charge on any atom is -0.354 e. The maximum Gasteiger partial charge on any atom is 0.243 e. The maximum absolute atomic E-state index is 12.6. The highest BCUT2D eigenvalue weighted by Gasteiger charge is 2.29. The quantitative estimate of drug-likeness (QED) is 0.703. The Morgan fingerprint density at radius 2 is 1.96 bits per heavy atom. The summed E-state index contributed by atoms with van der Waals surface area (Å²) in [4.78, 5) is 12.3. The summed E-state index contributed by atoms with van der Waals surface area (Å²) in [6.45, 7) is 1.53. The Bertz CT molecular complexity index is 644. The van der Waals surface area contributed by atoms with Crippen molar-refractivity contribution in [2.75, 3.05) is 31.6 Å². The van der Waals surface area contributed by atoms with Crippen molar-refractivity contribution in [3.05, 3.63) is 30.3 Å². The van der Waals surface area contributed by atoms with Crippen LogP contribution in [0, 0.1) is 5.92 Å². The number of carbonyl (C=O) groups excluding carboxylic acids is 1. The van der Waals surface area contributed by atoms with Crippen LogP contribution in [0.3, 0.4) is 0 Å². The van der Waals surface area contributed by atoms with Gasteiger partial charge in [-0.15, -0.1) is 0 Å². The van der Waals surface area contributed by atoms with E-state index in [4.69, 9.17) is 5.73 Å². The van der Waals surface area contributed by atoms with Gasteiger partial charge in [0.15, 0.2) is 0 Å². The lowest BCUT2D eigenvalue weighted by atomic mass is 9.98. The van der Waals surface area contributed by atoms with Crippen LogP contribution in [0.25, 0.3) is 0 Å². The second kappa shape index (κ2) is 9.56. The van der Waals surface area contributed by atoms with E-state index in [9.17, 15) is 13.2 Å². The van der Waals surface area contributed by atoms with Gasteiger partial charge >= 0.3 is 0 Å². The van der Waals surface area contributed by atoms with E-state index in [0.717, 1.165) is 18.6 Å². The van der Waals surface area contributed by atoms with Gasteiger partial charge in [0.1, 0.15) is 0 Å². The molecule has 25 heavy (non-hydrogen) atoms. The molecule has 2 rings (SSSR count). The average Bonchev–Trinajstić information content (AvgIpc) is 2.65. The van der Waals surface area contributed by atoms with Gasteiger partial charge in [0.05, 0.1) is 10.9 Å².